The van der Waals surface area contributed by atoms with E-state index in [0.29, 0.717) is 12.6 Å². The summed E-state index contributed by atoms with van der Waals surface area (Å²) in [6, 6.07) is 17.2. The molecule has 0 spiro atoms. The molecule has 3 aromatic rings. The lowest BCUT2D eigenvalue weighted by Crippen LogP contribution is -2.17. The van der Waals surface area contributed by atoms with Gasteiger partial charge in [-0.2, -0.15) is 5.26 Å². The van der Waals surface area contributed by atoms with Crippen molar-refractivity contribution >= 4 is 17.3 Å². The highest BCUT2D eigenvalue weighted by molar-refractivity contribution is 5.95. The average molecular weight is 434 g/mol. The van der Waals surface area contributed by atoms with Crippen LogP contribution in [0.2, 0.25) is 0 Å². The second-order valence-electron chi connectivity index (χ2n) is 7.90. The van der Waals surface area contributed by atoms with Crippen molar-refractivity contribution in [1.82, 2.24) is 4.57 Å². The van der Waals surface area contributed by atoms with Gasteiger partial charge in [0.25, 0.3) is 0 Å². The molecule has 1 aliphatic rings. The van der Waals surface area contributed by atoms with E-state index in [9.17, 15) is 5.26 Å². The quantitative estimate of drug-likeness (QED) is 0.492. The predicted octanol–water partition coefficient (Wildman–Crippen LogP) is 5.58. The van der Waals surface area contributed by atoms with Gasteiger partial charge >= 0.3 is 0 Å². The minimum absolute atomic E-state index is 0.189. The molecule has 2 aromatic carbocycles. The van der Waals surface area contributed by atoms with Gasteiger partial charge in [-0.05, 0) is 87.6 Å². The Morgan fingerprint density at radius 2 is 1.84 bits per heavy atom. The van der Waals surface area contributed by atoms with Gasteiger partial charge in [-0.1, -0.05) is 6.92 Å². The van der Waals surface area contributed by atoms with Gasteiger partial charge in [-0.25, -0.2) is 0 Å². The van der Waals surface area contributed by atoms with Crippen LogP contribution in [0.3, 0.4) is 0 Å². The van der Waals surface area contributed by atoms with Gasteiger partial charge in [-0.15, -0.1) is 0 Å². The highest BCUT2D eigenvalue weighted by Crippen LogP contribution is 2.43. The van der Waals surface area contributed by atoms with Crippen LogP contribution in [0, 0.1) is 11.3 Å². The maximum absolute atomic E-state index is 10.1. The topological polar surface area (TPSA) is 90.3 Å². The number of ether oxygens (including phenoxy) is 2. The molecule has 32 heavy (non-hydrogen) atoms. The maximum Gasteiger partial charge on any atom is 0.204 e. The largest absolute Gasteiger partial charge is 0.494 e. The second-order valence-corrected chi connectivity index (χ2v) is 7.90. The molecule has 0 radical (unpaired) electrons. The Labute approximate surface area is 189 Å². The minimum atomic E-state index is 0.189. The van der Waals surface area contributed by atoms with Gasteiger partial charge < -0.3 is 19.8 Å². The Balaban J connectivity index is 0.000000913. The number of nitriles is 1. The predicted molar refractivity (Wildman–Crippen MR) is 127 cm³/mol. The molecule has 1 unspecified atom stereocenters. The summed E-state index contributed by atoms with van der Waals surface area (Å²) in [6.45, 7) is 6.78. The third-order valence-electron chi connectivity index (χ3n) is 5.88. The monoisotopic (exact) mass is 433 g/mol. The Morgan fingerprint density at radius 1 is 1.19 bits per heavy atom. The van der Waals surface area contributed by atoms with E-state index < -0.39 is 0 Å². The molecule has 2 N–H and O–H groups in total. The van der Waals surface area contributed by atoms with Gasteiger partial charge in [0.2, 0.25) is 6.41 Å². The zero-order valence-electron chi connectivity index (χ0n) is 19.0. The highest BCUT2D eigenvalue weighted by Gasteiger charge is 2.28. The molecule has 6 nitrogen and oxygen atoms in total. The lowest BCUT2D eigenvalue weighted by molar-refractivity contribution is -0.106. The number of primary amides is 1. The van der Waals surface area contributed by atoms with E-state index in [4.69, 9.17) is 14.3 Å². The lowest BCUT2D eigenvalue weighted by atomic mass is 9.92. The maximum atomic E-state index is 10.1. The first-order valence-corrected chi connectivity index (χ1v) is 11.2. The van der Waals surface area contributed by atoms with Crippen LogP contribution in [-0.4, -0.2) is 23.7 Å². The molecule has 1 aromatic heterocycles. The fourth-order valence-electron chi connectivity index (χ4n) is 3.98. The minimum Gasteiger partial charge on any atom is -0.494 e. The molecule has 1 heterocycles. The van der Waals surface area contributed by atoms with Crippen molar-refractivity contribution in [2.45, 2.75) is 58.6 Å². The van der Waals surface area contributed by atoms with Gasteiger partial charge in [0, 0.05) is 11.4 Å². The summed E-state index contributed by atoms with van der Waals surface area (Å²) in [5.41, 5.74) is 8.07. The number of rotatable bonds is 7. The summed E-state index contributed by atoms with van der Waals surface area (Å²) in [6.07, 6.45) is 4.96. The number of carbonyl (C=O) groups excluding carboxylic acids is 1. The summed E-state index contributed by atoms with van der Waals surface area (Å²) < 4.78 is 14.0. The molecular weight excluding hydrogens is 402 g/mol. The van der Waals surface area contributed by atoms with Crippen molar-refractivity contribution in [2.75, 3.05) is 6.61 Å². The first-order chi connectivity index (χ1) is 15.6. The van der Waals surface area contributed by atoms with Crippen LogP contribution in [0.1, 0.15) is 58.1 Å². The zero-order chi connectivity index (χ0) is 23.1. The van der Waals surface area contributed by atoms with Crippen LogP contribution in [0.15, 0.2) is 42.5 Å². The van der Waals surface area contributed by atoms with E-state index >= 15 is 0 Å². The summed E-state index contributed by atoms with van der Waals surface area (Å²) in [7, 11) is 0. The molecule has 1 amide bonds. The van der Waals surface area contributed by atoms with Crippen molar-refractivity contribution in [3.8, 4) is 28.8 Å². The van der Waals surface area contributed by atoms with E-state index in [2.05, 4.69) is 48.4 Å². The van der Waals surface area contributed by atoms with Crippen LogP contribution in [-0.2, 0) is 4.79 Å². The second kappa shape index (κ2) is 10.7. The van der Waals surface area contributed by atoms with Crippen LogP contribution in [0.4, 0.5) is 0 Å². The lowest BCUT2D eigenvalue weighted by Gasteiger charge is -2.30. The fraction of sp³-hybridized carbons (Fsp3) is 0.385. The number of nitrogens with two attached hydrogens (primary N) is 1. The summed E-state index contributed by atoms with van der Waals surface area (Å²) in [5, 5.41) is 11.0. The summed E-state index contributed by atoms with van der Waals surface area (Å²) in [4.78, 5) is 8.58. The molecule has 1 fully saturated rings. The number of fused-ring (bicyclic) bond motifs is 1. The van der Waals surface area contributed by atoms with Crippen molar-refractivity contribution in [2.24, 2.45) is 5.73 Å². The Kier molecular flexibility index (Phi) is 7.77. The highest BCUT2D eigenvalue weighted by atomic mass is 16.5. The summed E-state index contributed by atoms with van der Waals surface area (Å²) in [5.74, 6) is 1.68. The Bertz CT molecular complexity index is 1090. The molecule has 0 bridgehead atoms. The van der Waals surface area contributed by atoms with Crippen LogP contribution < -0.4 is 15.2 Å². The number of benzene rings is 2. The molecular formula is C26H31N3O3. The third kappa shape index (κ3) is 4.72. The van der Waals surface area contributed by atoms with Gasteiger partial charge in [0.1, 0.15) is 17.6 Å². The number of aromatic nitrogens is 1. The molecule has 4 rings (SSSR count). The van der Waals surface area contributed by atoms with Crippen molar-refractivity contribution in [1.29, 1.82) is 5.26 Å². The molecule has 1 saturated carbocycles. The molecule has 6 heteroatoms. The van der Waals surface area contributed by atoms with E-state index in [1.807, 2.05) is 31.2 Å². The number of carbonyl (C=O) groups is 1. The van der Waals surface area contributed by atoms with E-state index in [1.165, 1.54) is 6.42 Å². The standard InChI is InChI=1S/C25H28N2O2.CH3NO/c1-4-17(3)29-20-11-9-18(10-12-20)25-23(16-26)22-15-21(28-5-2)13-14-24(22)27(25)19-7-6-8-19;2-1-3/h9-15,17,19H,4-8H2,1-3H3;1H,(H2,2,3). The van der Waals surface area contributed by atoms with Gasteiger partial charge in [0.05, 0.1) is 29.5 Å². The Morgan fingerprint density at radius 3 is 2.38 bits per heavy atom. The number of amides is 1. The summed E-state index contributed by atoms with van der Waals surface area (Å²) >= 11 is 0. The zero-order valence-corrected chi connectivity index (χ0v) is 19.0. The number of nitrogens with zero attached hydrogens (tertiary/aromatic N) is 2. The molecule has 1 aliphatic carbocycles. The average Bonchev–Trinajstić information content (AvgIpc) is 3.07. The first-order valence-electron chi connectivity index (χ1n) is 11.2. The fourth-order valence-corrected chi connectivity index (χ4v) is 3.98. The first kappa shape index (κ1) is 23.2. The van der Waals surface area contributed by atoms with Gasteiger partial charge in [-0.3, -0.25) is 4.79 Å². The third-order valence-corrected chi connectivity index (χ3v) is 5.88. The molecule has 0 aliphatic heterocycles. The van der Waals surface area contributed by atoms with Gasteiger partial charge in [0.15, 0.2) is 0 Å². The molecule has 1 atom stereocenters. The molecule has 168 valence electrons. The smallest absolute Gasteiger partial charge is 0.204 e. The molecule has 0 saturated heterocycles. The van der Waals surface area contributed by atoms with Crippen LogP contribution >= 0.6 is 0 Å². The SMILES string of the molecule is CCOc1ccc2c(c1)c(C#N)c(-c1ccc(OC(C)CC)cc1)n2C1CCC1.NC=O. The number of hydrogen-bond donors (Lipinski definition) is 1. The van der Waals surface area contributed by atoms with Crippen molar-refractivity contribution in [3.05, 3.63) is 48.0 Å². The van der Waals surface area contributed by atoms with Crippen molar-refractivity contribution in [3.63, 3.8) is 0 Å². The number of hydrogen-bond acceptors (Lipinski definition) is 4. The van der Waals surface area contributed by atoms with E-state index in [-0.39, 0.29) is 12.5 Å². The van der Waals surface area contributed by atoms with E-state index in [0.717, 1.165) is 58.5 Å². The van der Waals surface area contributed by atoms with Crippen LogP contribution in [0.25, 0.3) is 22.2 Å². The van der Waals surface area contributed by atoms with E-state index in [1.54, 1.807) is 0 Å². The van der Waals surface area contributed by atoms with Crippen LogP contribution in [0.5, 0.6) is 11.5 Å². The normalized spacial score (nSPS) is 13.9. The Hall–Kier alpha value is -3.46. The van der Waals surface area contributed by atoms with Crippen molar-refractivity contribution < 1.29 is 14.3 Å².